The lowest BCUT2D eigenvalue weighted by Crippen LogP contribution is -2.14. The molecule has 1 atom stereocenters. The molecule has 2 nitrogen and oxygen atoms in total. The molecular formula is C5H13NOS. The molecule has 50 valence electrons. The van der Waals surface area contributed by atoms with E-state index >= 15 is 0 Å². The molecule has 0 aliphatic carbocycles. The van der Waals surface area contributed by atoms with Crippen molar-refractivity contribution in [3.8, 4) is 0 Å². The Morgan fingerprint density at radius 2 is 2.50 bits per heavy atom. The van der Waals surface area contributed by atoms with Crippen LogP contribution in [0, 0.1) is 0 Å². The zero-order valence-electron chi connectivity index (χ0n) is 5.22. The second-order valence-corrected chi connectivity index (χ2v) is 5.58. The van der Waals surface area contributed by atoms with Gasteiger partial charge in [-0.05, 0) is 5.75 Å². The highest BCUT2D eigenvalue weighted by Gasteiger charge is 2.21. The van der Waals surface area contributed by atoms with Gasteiger partial charge in [-0.2, -0.15) is 10.2 Å². The van der Waals surface area contributed by atoms with E-state index in [-0.39, 0.29) is 0 Å². The zero-order valence-corrected chi connectivity index (χ0v) is 6.04. The molecule has 8 heavy (non-hydrogen) atoms. The van der Waals surface area contributed by atoms with Gasteiger partial charge in [0.1, 0.15) is 0 Å². The second kappa shape index (κ2) is 2.25. The molecule has 1 fully saturated rings. The van der Waals surface area contributed by atoms with Gasteiger partial charge < -0.3 is 4.74 Å². The predicted octanol–water partition coefficient (Wildman–Crippen LogP) is 0.672. The minimum Gasteiger partial charge on any atom is -0.370 e. The summed E-state index contributed by atoms with van der Waals surface area (Å²) in [6, 6.07) is 0. The molecule has 1 aliphatic heterocycles. The Morgan fingerprint density at radius 1 is 1.75 bits per heavy atom. The van der Waals surface area contributed by atoms with Gasteiger partial charge >= 0.3 is 0 Å². The maximum atomic E-state index is 5.92. The number of ether oxygens (including phenoxy) is 1. The fraction of sp³-hybridized carbons (Fsp3) is 1.00. The van der Waals surface area contributed by atoms with Crippen LogP contribution in [0.1, 0.15) is 6.92 Å². The van der Waals surface area contributed by atoms with E-state index in [9.17, 15) is 0 Å². The summed E-state index contributed by atoms with van der Waals surface area (Å²) in [7, 11) is -0.764. The summed E-state index contributed by atoms with van der Waals surface area (Å²) < 4.78 is 5.16. The van der Waals surface area contributed by atoms with Crippen LogP contribution in [0.15, 0.2) is 0 Å². The fourth-order valence-corrected chi connectivity index (χ4v) is 2.21. The molecule has 3 heteroatoms. The summed E-state index contributed by atoms with van der Waals surface area (Å²) in [5.41, 5.74) is 0. The molecule has 1 aliphatic rings. The molecule has 2 N–H and O–H groups in total. The Hall–Kier alpha value is 0.270. The van der Waals surface area contributed by atoms with Crippen LogP contribution in [0.25, 0.3) is 0 Å². The van der Waals surface area contributed by atoms with Crippen LogP contribution >= 0.6 is 10.2 Å². The third-order valence-corrected chi connectivity index (χ3v) is 4.29. The van der Waals surface area contributed by atoms with Gasteiger partial charge in [0, 0.05) is 5.75 Å². The first kappa shape index (κ1) is 6.39. The molecule has 0 bridgehead atoms. The van der Waals surface area contributed by atoms with Gasteiger partial charge in [0.25, 0.3) is 0 Å². The maximum Gasteiger partial charge on any atom is 0.0879 e. The Balaban J connectivity index is 2.40. The third kappa shape index (κ3) is 1.16. The Bertz CT molecular complexity index is 80.5. The Labute approximate surface area is 51.8 Å². The topological polar surface area (TPSA) is 35.2 Å². The van der Waals surface area contributed by atoms with Crippen molar-refractivity contribution in [1.29, 1.82) is 0 Å². The predicted molar refractivity (Wildman–Crippen MR) is 38.0 cm³/mol. The van der Waals surface area contributed by atoms with Crippen molar-refractivity contribution in [3.05, 3.63) is 0 Å². The lowest BCUT2D eigenvalue weighted by molar-refractivity contribution is 0.217. The molecule has 1 heterocycles. The van der Waals surface area contributed by atoms with Gasteiger partial charge in [-0.15, -0.1) is 0 Å². The van der Waals surface area contributed by atoms with Crippen LogP contribution in [0.5, 0.6) is 0 Å². The molecule has 1 unspecified atom stereocenters. The highest BCUT2D eigenvalue weighted by molar-refractivity contribution is 8.31. The highest BCUT2D eigenvalue weighted by atomic mass is 32.3. The average Bonchev–Trinajstić information content (AvgIpc) is 2.17. The average molecular weight is 135 g/mol. The van der Waals surface area contributed by atoms with Crippen LogP contribution in [0.2, 0.25) is 0 Å². The summed E-state index contributed by atoms with van der Waals surface area (Å²) in [6.45, 7) is 3.03. The summed E-state index contributed by atoms with van der Waals surface area (Å²) in [4.78, 5) is 0. The lowest BCUT2D eigenvalue weighted by Gasteiger charge is -2.25. The molecule has 1 rings (SSSR count). The minimum absolute atomic E-state index is 0.764. The van der Waals surface area contributed by atoms with Crippen molar-refractivity contribution < 1.29 is 4.74 Å². The normalized spacial score (nSPS) is 46.2. The minimum atomic E-state index is -0.764. The Morgan fingerprint density at radius 3 is 2.75 bits per heavy atom. The number of rotatable bonds is 1. The molecule has 1 saturated heterocycles. The first-order valence-electron chi connectivity index (χ1n) is 2.89. The summed E-state index contributed by atoms with van der Waals surface area (Å²) >= 11 is 0. The summed E-state index contributed by atoms with van der Waals surface area (Å²) in [5, 5.41) is 5.92. The van der Waals surface area contributed by atoms with E-state index in [2.05, 4.69) is 6.92 Å². The van der Waals surface area contributed by atoms with E-state index in [0.717, 1.165) is 24.1 Å². The number of nitrogens with two attached hydrogens (primary N) is 1. The van der Waals surface area contributed by atoms with E-state index in [1.165, 1.54) is 0 Å². The van der Waals surface area contributed by atoms with Gasteiger partial charge in [0.2, 0.25) is 0 Å². The first-order valence-corrected chi connectivity index (χ1v) is 5.09. The van der Waals surface area contributed by atoms with Gasteiger partial charge in [0.15, 0.2) is 0 Å². The number of hydrogen-bond donors (Lipinski definition) is 1. The van der Waals surface area contributed by atoms with Crippen LogP contribution < -0.4 is 5.14 Å². The van der Waals surface area contributed by atoms with Gasteiger partial charge in [-0.1, -0.05) is 6.92 Å². The zero-order chi connectivity index (χ0) is 6.04. The van der Waals surface area contributed by atoms with Crippen molar-refractivity contribution in [2.24, 2.45) is 5.14 Å². The van der Waals surface area contributed by atoms with Gasteiger partial charge in [-0.3, -0.25) is 5.14 Å². The van der Waals surface area contributed by atoms with Crippen LogP contribution in [-0.2, 0) is 4.74 Å². The van der Waals surface area contributed by atoms with E-state index in [1.807, 2.05) is 0 Å². The molecule has 0 aromatic heterocycles. The van der Waals surface area contributed by atoms with E-state index < -0.39 is 10.2 Å². The molecular weight excluding hydrogens is 122 g/mol. The van der Waals surface area contributed by atoms with Gasteiger partial charge in [-0.25, -0.2) is 0 Å². The monoisotopic (exact) mass is 135 g/mol. The third-order valence-electron chi connectivity index (χ3n) is 1.53. The molecule has 0 spiro atoms. The lowest BCUT2D eigenvalue weighted by atomic mass is 10.9. The second-order valence-electron chi connectivity index (χ2n) is 2.13. The van der Waals surface area contributed by atoms with Crippen molar-refractivity contribution in [3.63, 3.8) is 0 Å². The molecule has 0 aromatic rings. The summed E-state index contributed by atoms with van der Waals surface area (Å²) in [5.74, 6) is 3.07. The van der Waals surface area contributed by atoms with E-state index in [0.29, 0.717) is 0 Å². The number of hydrogen-bond acceptors (Lipinski definition) is 2. The maximum absolute atomic E-state index is 5.92. The van der Waals surface area contributed by atoms with Crippen molar-refractivity contribution in [1.82, 2.24) is 0 Å². The van der Waals surface area contributed by atoms with Crippen molar-refractivity contribution in [2.45, 2.75) is 6.92 Å². The van der Waals surface area contributed by atoms with Crippen LogP contribution in [0.3, 0.4) is 0 Å². The van der Waals surface area contributed by atoms with Crippen LogP contribution in [-0.4, -0.2) is 24.1 Å². The highest BCUT2D eigenvalue weighted by Crippen LogP contribution is 2.42. The SMILES string of the molecule is CCS1(N)CCOC1. The smallest absolute Gasteiger partial charge is 0.0879 e. The van der Waals surface area contributed by atoms with Gasteiger partial charge in [0.05, 0.1) is 12.5 Å². The van der Waals surface area contributed by atoms with Crippen molar-refractivity contribution in [2.75, 3.05) is 24.1 Å². The van der Waals surface area contributed by atoms with Crippen molar-refractivity contribution >= 4 is 10.2 Å². The largest absolute Gasteiger partial charge is 0.370 e. The van der Waals surface area contributed by atoms with Crippen LogP contribution in [0.4, 0.5) is 0 Å². The Kier molecular flexibility index (Phi) is 1.80. The molecule has 0 amide bonds. The first-order chi connectivity index (χ1) is 3.77. The molecule has 0 saturated carbocycles. The molecule has 0 radical (unpaired) electrons. The summed E-state index contributed by atoms with van der Waals surface area (Å²) in [6.07, 6.45) is 0. The van der Waals surface area contributed by atoms with E-state index in [1.54, 1.807) is 0 Å². The standard InChI is InChI=1S/C5H13NOS/c1-2-8(6)4-3-7-5-8/h2-6H2,1H3. The fourth-order valence-electron chi connectivity index (χ4n) is 0.736. The van der Waals surface area contributed by atoms with E-state index in [4.69, 9.17) is 9.88 Å². The quantitative estimate of drug-likeness (QED) is 0.573. The molecule has 0 aromatic carbocycles.